The van der Waals surface area contributed by atoms with Gasteiger partial charge in [-0.3, -0.25) is 5.43 Å². The molecule has 1 aromatic heterocycles. The van der Waals surface area contributed by atoms with Crippen molar-refractivity contribution in [1.82, 2.24) is 9.97 Å². The summed E-state index contributed by atoms with van der Waals surface area (Å²) in [6, 6.07) is 9.80. The van der Waals surface area contributed by atoms with Crippen LogP contribution < -0.4 is 16.6 Å². The molecular formula is C13H17N5O. The number of hydrazine groups is 1. The van der Waals surface area contributed by atoms with Gasteiger partial charge in [0.25, 0.3) is 0 Å². The third kappa shape index (κ3) is 3.64. The maximum absolute atomic E-state index is 5.33. The molecular weight excluding hydrogens is 242 g/mol. The van der Waals surface area contributed by atoms with Crippen LogP contribution in [0.3, 0.4) is 0 Å². The lowest BCUT2D eigenvalue weighted by molar-refractivity contribution is 0.185. The van der Waals surface area contributed by atoms with Gasteiger partial charge in [-0.15, -0.1) is 0 Å². The molecule has 4 N–H and O–H groups in total. The first-order valence-corrected chi connectivity index (χ1v) is 5.88. The van der Waals surface area contributed by atoms with Gasteiger partial charge in [0, 0.05) is 24.6 Å². The summed E-state index contributed by atoms with van der Waals surface area (Å²) in [4.78, 5) is 8.37. The standard InChI is InChI=1S/C13H17N5O/c1-9-6-12(17-13(15-9)18-14)16-11-5-3-4-10(7-11)8-19-2/h3-7H,8,14H2,1-2H3,(H2,15,16,17,18). The number of rotatable bonds is 5. The molecule has 6 heteroatoms. The minimum atomic E-state index is 0.385. The van der Waals surface area contributed by atoms with Gasteiger partial charge in [0.1, 0.15) is 5.82 Å². The van der Waals surface area contributed by atoms with E-state index in [1.54, 1.807) is 7.11 Å². The summed E-state index contributed by atoms with van der Waals surface area (Å²) in [5.41, 5.74) is 5.31. The summed E-state index contributed by atoms with van der Waals surface area (Å²) in [7, 11) is 1.67. The number of aryl methyl sites for hydroxylation is 1. The quantitative estimate of drug-likeness (QED) is 0.562. The Labute approximate surface area is 112 Å². The first-order chi connectivity index (χ1) is 9.21. The van der Waals surface area contributed by atoms with Crippen LogP contribution in [0.1, 0.15) is 11.3 Å². The minimum absolute atomic E-state index is 0.385. The number of methoxy groups -OCH3 is 1. The Kier molecular flexibility index (Phi) is 4.27. The van der Waals surface area contributed by atoms with E-state index in [0.717, 1.165) is 16.9 Å². The predicted molar refractivity (Wildman–Crippen MR) is 75.0 cm³/mol. The number of hydrogen-bond acceptors (Lipinski definition) is 6. The fourth-order valence-electron chi connectivity index (χ4n) is 1.75. The van der Waals surface area contributed by atoms with Crippen molar-refractivity contribution in [2.45, 2.75) is 13.5 Å². The zero-order valence-electron chi connectivity index (χ0n) is 11.0. The first kappa shape index (κ1) is 13.3. The minimum Gasteiger partial charge on any atom is -0.380 e. The van der Waals surface area contributed by atoms with E-state index < -0.39 is 0 Å². The largest absolute Gasteiger partial charge is 0.380 e. The van der Waals surface area contributed by atoms with E-state index in [-0.39, 0.29) is 0 Å². The number of nitrogens with zero attached hydrogens (tertiary/aromatic N) is 2. The average Bonchev–Trinajstić information content (AvgIpc) is 2.39. The van der Waals surface area contributed by atoms with E-state index in [0.29, 0.717) is 18.4 Å². The lowest BCUT2D eigenvalue weighted by atomic mass is 10.2. The number of nitrogen functional groups attached to an aromatic ring is 1. The van der Waals surface area contributed by atoms with E-state index in [9.17, 15) is 0 Å². The summed E-state index contributed by atoms with van der Waals surface area (Å²) in [5, 5.41) is 3.22. The lowest BCUT2D eigenvalue weighted by Gasteiger charge is -2.09. The maximum atomic E-state index is 5.33. The van der Waals surface area contributed by atoms with Crippen molar-refractivity contribution in [3.05, 3.63) is 41.6 Å². The molecule has 19 heavy (non-hydrogen) atoms. The lowest BCUT2D eigenvalue weighted by Crippen LogP contribution is -2.11. The van der Waals surface area contributed by atoms with Crippen LogP contribution in [0.25, 0.3) is 0 Å². The Morgan fingerprint density at radius 2 is 2.11 bits per heavy atom. The molecule has 0 fully saturated rings. The van der Waals surface area contributed by atoms with E-state index in [1.165, 1.54) is 0 Å². The highest BCUT2D eigenvalue weighted by atomic mass is 16.5. The highest BCUT2D eigenvalue weighted by Gasteiger charge is 2.02. The number of nitrogens with two attached hydrogens (primary N) is 1. The summed E-state index contributed by atoms with van der Waals surface area (Å²) < 4.78 is 5.11. The fourth-order valence-corrected chi connectivity index (χ4v) is 1.75. The zero-order valence-corrected chi connectivity index (χ0v) is 11.0. The molecule has 1 heterocycles. The summed E-state index contributed by atoms with van der Waals surface area (Å²) in [6.07, 6.45) is 0. The van der Waals surface area contributed by atoms with Crippen LogP contribution in [-0.4, -0.2) is 17.1 Å². The van der Waals surface area contributed by atoms with Crippen molar-refractivity contribution in [3.8, 4) is 0 Å². The van der Waals surface area contributed by atoms with Gasteiger partial charge in [-0.05, 0) is 24.6 Å². The Morgan fingerprint density at radius 1 is 1.26 bits per heavy atom. The Bertz CT molecular complexity index is 558. The molecule has 0 aliphatic carbocycles. The third-order valence-electron chi connectivity index (χ3n) is 2.49. The number of ether oxygens (including phenoxy) is 1. The average molecular weight is 259 g/mol. The summed E-state index contributed by atoms with van der Waals surface area (Å²) in [5.74, 6) is 6.40. The van der Waals surface area contributed by atoms with Crippen molar-refractivity contribution >= 4 is 17.5 Å². The van der Waals surface area contributed by atoms with E-state index in [2.05, 4.69) is 20.7 Å². The van der Waals surface area contributed by atoms with Crippen LogP contribution in [-0.2, 0) is 11.3 Å². The number of aromatic nitrogens is 2. The van der Waals surface area contributed by atoms with Gasteiger partial charge < -0.3 is 10.1 Å². The predicted octanol–water partition coefficient (Wildman–Crippen LogP) is 1.96. The van der Waals surface area contributed by atoms with Gasteiger partial charge >= 0.3 is 0 Å². The number of anilines is 3. The SMILES string of the molecule is COCc1cccc(Nc2cc(C)nc(NN)n2)c1. The van der Waals surface area contributed by atoms with Gasteiger partial charge in [-0.25, -0.2) is 10.8 Å². The zero-order chi connectivity index (χ0) is 13.7. The molecule has 0 spiro atoms. The molecule has 6 nitrogen and oxygen atoms in total. The molecule has 1 aromatic carbocycles. The van der Waals surface area contributed by atoms with Crippen molar-refractivity contribution in [2.24, 2.45) is 5.84 Å². The molecule has 0 bridgehead atoms. The number of nitrogens with one attached hydrogen (secondary N) is 2. The first-order valence-electron chi connectivity index (χ1n) is 5.88. The normalized spacial score (nSPS) is 10.3. The Hall–Kier alpha value is -2.18. The van der Waals surface area contributed by atoms with Gasteiger partial charge in [-0.2, -0.15) is 4.98 Å². The molecule has 0 amide bonds. The molecule has 2 aromatic rings. The molecule has 2 rings (SSSR count). The maximum Gasteiger partial charge on any atom is 0.239 e. The second-order valence-corrected chi connectivity index (χ2v) is 4.12. The highest BCUT2D eigenvalue weighted by Crippen LogP contribution is 2.18. The van der Waals surface area contributed by atoms with E-state index in [4.69, 9.17) is 10.6 Å². The van der Waals surface area contributed by atoms with Gasteiger partial charge in [0.05, 0.1) is 6.61 Å². The van der Waals surface area contributed by atoms with Gasteiger partial charge in [0.2, 0.25) is 5.95 Å². The second kappa shape index (κ2) is 6.12. The van der Waals surface area contributed by atoms with E-state index >= 15 is 0 Å². The van der Waals surface area contributed by atoms with Crippen LogP contribution in [0, 0.1) is 6.92 Å². The van der Waals surface area contributed by atoms with Crippen LogP contribution >= 0.6 is 0 Å². The van der Waals surface area contributed by atoms with Crippen molar-refractivity contribution < 1.29 is 4.74 Å². The molecule has 0 unspecified atom stereocenters. The second-order valence-electron chi connectivity index (χ2n) is 4.12. The molecule has 0 saturated heterocycles. The molecule has 100 valence electrons. The molecule has 0 atom stereocenters. The van der Waals surface area contributed by atoms with Crippen LogP contribution in [0.15, 0.2) is 30.3 Å². The third-order valence-corrected chi connectivity index (χ3v) is 2.49. The van der Waals surface area contributed by atoms with Gasteiger partial charge in [0.15, 0.2) is 0 Å². The molecule has 0 saturated carbocycles. The Morgan fingerprint density at radius 3 is 2.84 bits per heavy atom. The number of hydrogen-bond donors (Lipinski definition) is 3. The van der Waals surface area contributed by atoms with Crippen LogP contribution in [0.5, 0.6) is 0 Å². The summed E-state index contributed by atoms with van der Waals surface area (Å²) in [6.45, 7) is 2.46. The van der Waals surface area contributed by atoms with Crippen molar-refractivity contribution in [2.75, 3.05) is 17.9 Å². The van der Waals surface area contributed by atoms with Crippen LogP contribution in [0.2, 0.25) is 0 Å². The van der Waals surface area contributed by atoms with Crippen molar-refractivity contribution in [1.29, 1.82) is 0 Å². The fraction of sp³-hybridized carbons (Fsp3) is 0.231. The van der Waals surface area contributed by atoms with Crippen LogP contribution in [0.4, 0.5) is 17.5 Å². The smallest absolute Gasteiger partial charge is 0.239 e. The van der Waals surface area contributed by atoms with E-state index in [1.807, 2.05) is 37.3 Å². The van der Waals surface area contributed by atoms with Crippen molar-refractivity contribution in [3.63, 3.8) is 0 Å². The van der Waals surface area contributed by atoms with Gasteiger partial charge in [-0.1, -0.05) is 12.1 Å². The topological polar surface area (TPSA) is 85.1 Å². The number of benzene rings is 1. The Balaban J connectivity index is 2.20. The molecule has 0 aliphatic heterocycles. The molecule has 0 radical (unpaired) electrons. The monoisotopic (exact) mass is 259 g/mol. The molecule has 0 aliphatic rings. The summed E-state index contributed by atoms with van der Waals surface area (Å²) >= 11 is 0. The highest BCUT2D eigenvalue weighted by molar-refractivity contribution is 5.58.